The number of rotatable bonds is 4. The zero-order valence-electron chi connectivity index (χ0n) is 13.4. The van der Waals surface area contributed by atoms with Gasteiger partial charge in [-0.05, 0) is 46.3 Å². The van der Waals surface area contributed by atoms with Gasteiger partial charge in [-0.2, -0.15) is 13.2 Å². The van der Waals surface area contributed by atoms with E-state index in [-0.39, 0.29) is 23.0 Å². The van der Waals surface area contributed by atoms with Crippen molar-refractivity contribution in [2.45, 2.75) is 6.18 Å². The lowest BCUT2D eigenvalue weighted by Gasteiger charge is -2.14. The minimum atomic E-state index is -4.58. The third-order valence-electron chi connectivity index (χ3n) is 3.39. The summed E-state index contributed by atoms with van der Waals surface area (Å²) in [5.74, 6) is 0.882. The van der Waals surface area contributed by atoms with Crippen LogP contribution in [0.15, 0.2) is 47.3 Å². The Morgan fingerprint density at radius 3 is 2.33 bits per heavy atom. The quantitative estimate of drug-likeness (QED) is 0.486. The summed E-state index contributed by atoms with van der Waals surface area (Å²) in [6, 6.07) is 6.90. The van der Waals surface area contributed by atoms with Crippen LogP contribution in [0.5, 0.6) is 0 Å². The molecule has 140 valence electrons. The molecule has 0 aliphatic carbocycles. The van der Waals surface area contributed by atoms with Crippen LogP contribution < -0.4 is 16.4 Å². The highest BCUT2D eigenvalue weighted by Crippen LogP contribution is 2.37. The van der Waals surface area contributed by atoms with E-state index in [1.54, 1.807) is 18.3 Å². The molecule has 11 heteroatoms. The first-order valence-corrected chi connectivity index (χ1v) is 8.54. The maximum atomic E-state index is 13.0. The first-order valence-electron chi connectivity index (χ1n) is 7.37. The zero-order valence-corrected chi connectivity index (χ0v) is 15.7. The predicted molar refractivity (Wildman–Crippen MR) is 101 cm³/mol. The van der Waals surface area contributed by atoms with E-state index in [0.717, 1.165) is 16.6 Å². The fourth-order valence-corrected chi connectivity index (χ4v) is 2.58. The molecule has 0 aliphatic heterocycles. The Morgan fingerprint density at radius 2 is 1.70 bits per heavy atom. The van der Waals surface area contributed by atoms with E-state index in [2.05, 4.69) is 41.5 Å². The molecule has 3 aromatic rings. The van der Waals surface area contributed by atoms with Gasteiger partial charge in [0.05, 0.1) is 10.6 Å². The number of aromatic nitrogens is 3. The molecule has 0 bridgehead atoms. The summed E-state index contributed by atoms with van der Waals surface area (Å²) < 4.78 is 39.8. The molecule has 1 aromatic carbocycles. The van der Waals surface area contributed by atoms with E-state index in [4.69, 9.17) is 17.3 Å². The van der Waals surface area contributed by atoms with Crippen molar-refractivity contribution < 1.29 is 13.2 Å². The molecular weight excluding hydrogens is 449 g/mol. The van der Waals surface area contributed by atoms with Crippen LogP contribution >= 0.6 is 27.5 Å². The summed E-state index contributed by atoms with van der Waals surface area (Å²) in [5, 5.41) is 5.27. The maximum Gasteiger partial charge on any atom is 0.417 e. The van der Waals surface area contributed by atoms with E-state index < -0.39 is 16.8 Å². The van der Waals surface area contributed by atoms with Gasteiger partial charge >= 0.3 is 6.18 Å². The van der Waals surface area contributed by atoms with Gasteiger partial charge in [0.1, 0.15) is 17.8 Å². The Balaban J connectivity index is 1.87. The number of halogens is 5. The van der Waals surface area contributed by atoms with Gasteiger partial charge < -0.3 is 16.4 Å². The molecule has 0 atom stereocenters. The smallest absolute Gasteiger partial charge is 0.393 e. The Hall–Kier alpha value is -2.59. The fourth-order valence-electron chi connectivity index (χ4n) is 2.12. The van der Waals surface area contributed by atoms with Crippen molar-refractivity contribution >= 4 is 56.4 Å². The minimum Gasteiger partial charge on any atom is -0.393 e. The highest BCUT2D eigenvalue weighted by atomic mass is 79.9. The lowest BCUT2D eigenvalue weighted by molar-refractivity contribution is -0.137. The Morgan fingerprint density at radius 1 is 1.00 bits per heavy atom. The largest absolute Gasteiger partial charge is 0.417 e. The Kier molecular flexibility index (Phi) is 5.38. The van der Waals surface area contributed by atoms with Gasteiger partial charge in [-0.25, -0.2) is 15.0 Å². The number of nitrogen functional groups attached to an aromatic ring is 1. The molecule has 0 fully saturated rings. The van der Waals surface area contributed by atoms with Crippen molar-refractivity contribution in [3.8, 4) is 0 Å². The van der Waals surface area contributed by atoms with E-state index in [9.17, 15) is 13.2 Å². The van der Waals surface area contributed by atoms with Crippen molar-refractivity contribution in [3.63, 3.8) is 0 Å². The Bertz CT molecular complexity index is 965. The van der Waals surface area contributed by atoms with Crippen molar-refractivity contribution in [1.29, 1.82) is 0 Å². The van der Waals surface area contributed by atoms with Crippen LogP contribution in [0.25, 0.3) is 0 Å². The molecule has 0 unspecified atom stereocenters. The SMILES string of the molecule is Nc1c(Nc2ccc(Cl)c(C(F)(F)F)c2)ncnc1Nc1ccc(Br)cn1. The van der Waals surface area contributed by atoms with Gasteiger partial charge in [-0.3, -0.25) is 0 Å². The number of anilines is 5. The third kappa shape index (κ3) is 4.58. The van der Waals surface area contributed by atoms with Crippen molar-refractivity contribution in [2.24, 2.45) is 0 Å². The first kappa shape index (κ1) is 19.2. The van der Waals surface area contributed by atoms with Crippen LogP contribution in [0.3, 0.4) is 0 Å². The van der Waals surface area contributed by atoms with Crippen LogP contribution in [0.1, 0.15) is 5.56 Å². The first-order chi connectivity index (χ1) is 12.7. The normalized spacial score (nSPS) is 11.3. The van der Waals surface area contributed by atoms with Gasteiger partial charge in [0.15, 0.2) is 11.6 Å². The Labute approximate surface area is 165 Å². The van der Waals surface area contributed by atoms with E-state index >= 15 is 0 Å². The van der Waals surface area contributed by atoms with Crippen molar-refractivity contribution in [2.75, 3.05) is 16.4 Å². The average molecular weight is 460 g/mol. The highest BCUT2D eigenvalue weighted by molar-refractivity contribution is 9.10. The van der Waals surface area contributed by atoms with Gasteiger partial charge in [-0.15, -0.1) is 0 Å². The number of nitrogens with two attached hydrogens (primary N) is 1. The van der Waals surface area contributed by atoms with Crippen LogP contribution in [0.4, 0.5) is 42.0 Å². The summed E-state index contributed by atoms with van der Waals surface area (Å²) >= 11 is 8.90. The van der Waals surface area contributed by atoms with Gasteiger partial charge in [0.2, 0.25) is 0 Å². The molecule has 4 N–H and O–H groups in total. The minimum absolute atomic E-state index is 0.116. The van der Waals surface area contributed by atoms with E-state index in [1.165, 1.54) is 12.4 Å². The average Bonchev–Trinajstić information content (AvgIpc) is 2.61. The molecule has 3 rings (SSSR count). The molecule has 2 heterocycles. The summed E-state index contributed by atoms with van der Waals surface area (Å²) in [5.41, 5.74) is 5.31. The predicted octanol–water partition coefficient (Wildman–Crippen LogP) is 5.38. The van der Waals surface area contributed by atoms with Gasteiger partial charge in [-0.1, -0.05) is 11.6 Å². The third-order valence-corrected chi connectivity index (χ3v) is 4.19. The molecule has 0 amide bonds. The summed E-state index contributed by atoms with van der Waals surface area (Å²) in [6.45, 7) is 0. The molecular formula is C16H11BrClF3N6. The number of benzene rings is 1. The lowest BCUT2D eigenvalue weighted by atomic mass is 10.2. The summed E-state index contributed by atoms with van der Waals surface area (Å²) in [4.78, 5) is 12.1. The number of alkyl halides is 3. The molecule has 0 spiro atoms. The maximum absolute atomic E-state index is 13.0. The molecule has 0 radical (unpaired) electrons. The number of nitrogens with one attached hydrogen (secondary N) is 2. The monoisotopic (exact) mass is 458 g/mol. The van der Waals surface area contributed by atoms with Crippen LogP contribution in [-0.2, 0) is 6.18 Å². The second-order valence-corrected chi connectivity index (χ2v) is 6.61. The molecule has 0 aliphatic rings. The zero-order chi connectivity index (χ0) is 19.6. The van der Waals surface area contributed by atoms with Crippen LogP contribution in [-0.4, -0.2) is 15.0 Å². The molecule has 0 saturated carbocycles. The van der Waals surface area contributed by atoms with Crippen molar-refractivity contribution in [3.05, 3.63) is 57.9 Å². The number of hydrogen-bond acceptors (Lipinski definition) is 6. The van der Waals surface area contributed by atoms with E-state index in [1.807, 2.05) is 0 Å². The summed E-state index contributed by atoms with van der Waals surface area (Å²) in [6.07, 6.45) is -1.77. The molecule has 0 saturated heterocycles. The second-order valence-electron chi connectivity index (χ2n) is 5.29. The molecule has 27 heavy (non-hydrogen) atoms. The number of pyridine rings is 1. The van der Waals surface area contributed by atoms with Gasteiger partial charge in [0, 0.05) is 16.4 Å². The molecule has 2 aromatic heterocycles. The lowest BCUT2D eigenvalue weighted by Crippen LogP contribution is -2.08. The topological polar surface area (TPSA) is 88.8 Å². The molecule has 6 nitrogen and oxygen atoms in total. The number of hydrogen-bond donors (Lipinski definition) is 3. The second kappa shape index (κ2) is 7.57. The number of nitrogens with zero attached hydrogens (tertiary/aromatic N) is 3. The highest BCUT2D eigenvalue weighted by Gasteiger charge is 2.33. The van der Waals surface area contributed by atoms with Gasteiger partial charge in [0.25, 0.3) is 0 Å². The summed E-state index contributed by atoms with van der Waals surface area (Å²) in [7, 11) is 0. The van der Waals surface area contributed by atoms with Crippen LogP contribution in [0, 0.1) is 0 Å². The fraction of sp³-hybridized carbons (Fsp3) is 0.0625. The standard InChI is InChI=1S/C16H11BrClF3N6/c17-8-1-4-12(23-6-8)27-15-13(22)14(24-7-25-15)26-9-2-3-11(18)10(5-9)16(19,20)21/h1-7H,22H2,(H2,23,24,25,26,27). The van der Waals surface area contributed by atoms with E-state index in [0.29, 0.717) is 5.82 Å². The van der Waals surface area contributed by atoms with Crippen molar-refractivity contribution in [1.82, 2.24) is 15.0 Å². The van der Waals surface area contributed by atoms with Crippen LogP contribution in [0.2, 0.25) is 5.02 Å².